The minimum absolute atomic E-state index is 0.0623. The van der Waals surface area contributed by atoms with Gasteiger partial charge in [0.1, 0.15) is 17.3 Å². The van der Waals surface area contributed by atoms with E-state index in [4.69, 9.17) is 14.7 Å². The van der Waals surface area contributed by atoms with Gasteiger partial charge in [-0.1, -0.05) is 148 Å². The average Bonchev–Trinajstić information content (AvgIpc) is 3.52. The molecule has 0 bridgehead atoms. The van der Waals surface area contributed by atoms with Crippen LogP contribution in [0, 0.1) is 0 Å². The zero-order valence-corrected chi connectivity index (χ0v) is 30.4. The van der Waals surface area contributed by atoms with Crippen molar-refractivity contribution in [2.75, 3.05) is 0 Å². The van der Waals surface area contributed by atoms with Crippen molar-refractivity contribution in [1.82, 2.24) is 9.97 Å². The highest BCUT2D eigenvalue weighted by Gasteiger charge is 2.29. The highest BCUT2D eigenvalue weighted by molar-refractivity contribution is 7.26. The van der Waals surface area contributed by atoms with Crippen molar-refractivity contribution in [3.63, 3.8) is 0 Å². The van der Waals surface area contributed by atoms with Crippen LogP contribution in [-0.4, -0.2) is 9.97 Å². The largest absolute Gasteiger partial charge is 0.460 e. The quantitative estimate of drug-likeness (QED) is 0.165. The minimum Gasteiger partial charge on any atom is -0.460 e. The third-order valence-electron chi connectivity index (χ3n) is 9.73. The van der Waals surface area contributed by atoms with Crippen LogP contribution in [0.15, 0.2) is 151 Å². The smallest absolute Gasteiger partial charge is 0.148 e. The Morgan fingerprint density at radius 2 is 1.42 bits per heavy atom. The van der Waals surface area contributed by atoms with Gasteiger partial charge in [-0.2, -0.15) is 0 Å². The van der Waals surface area contributed by atoms with Crippen molar-refractivity contribution < 1.29 is 4.74 Å². The standard InChI is InChI=1S/C46H42N2OS/c1-7-8-10-15-30(2)45-47-40(34-16-11-9-12-17-34)29-41(48-45)35-24-22-33(23-25-35)36-21-20-31(3)46(5,6)39-27-26-38-37-18-13-14-19-42(37)50-44(38)43(39)49-32(4)28-36/h7-30H,1-6H3/b8-7-,15-10-,31-20+,32-28+,36-21+. The van der Waals surface area contributed by atoms with Crippen LogP contribution in [0.4, 0.5) is 0 Å². The number of hydrogen-bond acceptors (Lipinski definition) is 4. The van der Waals surface area contributed by atoms with E-state index in [1.54, 1.807) is 0 Å². The first kappa shape index (κ1) is 33.2. The van der Waals surface area contributed by atoms with Crippen LogP contribution in [-0.2, 0) is 5.41 Å². The normalized spacial score (nSPS) is 18.6. The second-order valence-corrected chi connectivity index (χ2v) is 14.6. The van der Waals surface area contributed by atoms with Gasteiger partial charge in [-0.15, -0.1) is 11.3 Å². The van der Waals surface area contributed by atoms with Crippen molar-refractivity contribution in [2.45, 2.75) is 52.9 Å². The number of hydrogen-bond donors (Lipinski definition) is 0. The molecule has 0 amide bonds. The molecule has 0 saturated carbocycles. The molecule has 1 unspecified atom stereocenters. The molecule has 3 heterocycles. The van der Waals surface area contributed by atoms with Gasteiger partial charge in [-0.05, 0) is 50.1 Å². The summed E-state index contributed by atoms with van der Waals surface area (Å²) >= 11 is 1.81. The van der Waals surface area contributed by atoms with Crippen molar-refractivity contribution in [3.8, 4) is 28.3 Å². The maximum atomic E-state index is 6.85. The maximum Gasteiger partial charge on any atom is 0.148 e. The first-order chi connectivity index (χ1) is 24.2. The summed E-state index contributed by atoms with van der Waals surface area (Å²) < 4.78 is 9.31. The van der Waals surface area contributed by atoms with Crippen LogP contribution in [0.2, 0.25) is 0 Å². The molecule has 3 nitrogen and oxygen atoms in total. The van der Waals surface area contributed by atoms with Crippen molar-refractivity contribution in [3.05, 3.63) is 168 Å². The number of fused-ring (bicyclic) bond motifs is 5. The molecular formula is C46H42N2OS. The molecule has 248 valence electrons. The topological polar surface area (TPSA) is 35.0 Å². The van der Waals surface area contributed by atoms with Crippen molar-refractivity contribution in [2.24, 2.45) is 0 Å². The van der Waals surface area contributed by atoms with Gasteiger partial charge in [0, 0.05) is 43.5 Å². The van der Waals surface area contributed by atoms with Crippen molar-refractivity contribution in [1.29, 1.82) is 0 Å². The molecule has 0 spiro atoms. The van der Waals surface area contributed by atoms with E-state index in [0.717, 1.165) is 51.0 Å². The lowest BCUT2D eigenvalue weighted by molar-refractivity contribution is 0.418. The Bertz CT molecular complexity index is 2350. The minimum atomic E-state index is -0.233. The van der Waals surface area contributed by atoms with Gasteiger partial charge in [0.2, 0.25) is 0 Å². The number of nitrogens with zero attached hydrogens (tertiary/aromatic N) is 2. The van der Waals surface area contributed by atoms with Crippen LogP contribution in [0.25, 0.3) is 48.3 Å². The average molecular weight is 671 g/mol. The summed E-state index contributed by atoms with van der Waals surface area (Å²) in [5.41, 5.74) is 8.38. The summed E-state index contributed by atoms with van der Waals surface area (Å²) in [6, 6.07) is 34.3. The first-order valence-electron chi connectivity index (χ1n) is 17.3. The van der Waals surface area contributed by atoms with Gasteiger partial charge >= 0.3 is 0 Å². The predicted octanol–water partition coefficient (Wildman–Crippen LogP) is 13.0. The molecule has 0 N–H and O–H groups in total. The molecule has 4 aromatic carbocycles. The molecule has 2 aromatic heterocycles. The number of thiophene rings is 1. The molecule has 0 saturated heterocycles. The van der Waals surface area contributed by atoms with E-state index in [-0.39, 0.29) is 11.3 Å². The summed E-state index contributed by atoms with van der Waals surface area (Å²) in [4.78, 5) is 10.0. The van der Waals surface area contributed by atoms with Crippen LogP contribution in [0.3, 0.4) is 0 Å². The Kier molecular flexibility index (Phi) is 9.22. The number of aromatic nitrogens is 2. The van der Waals surface area contributed by atoms with Crippen LogP contribution >= 0.6 is 11.3 Å². The lowest BCUT2D eigenvalue weighted by Gasteiger charge is -2.30. The first-order valence-corrected chi connectivity index (χ1v) is 18.1. The Labute approximate surface area is 299 Å². The van der Waals surface area contributed by atoms with Crippen LogP contribution in [0.1, 0.15) is 64.4 Å². The molecule has 0 aliphatic carbocycles. The van der Waals surface area contributed by atoms with Gasteiger partial charge in [0.15, 0.2) is 0 Å². The van der Waals surface area contributed by atoms with Crippen LogP contribution < -0.4 is 4.74 Å². The number of ether oxygens (including phenoxy) is 1. The Morgan fingerprint density at radius 1 is 0.740 bits per heavy atom. The zero-order chi connectivity index (χ0) is 34.8. The summed E-state index contributed by atoms with van der Waals surface area (Å²) in [6.07, 6.45) is 14.9. The third-order valence-corrected chi connectivity index (χ3v) is 10.9. The second-order valence-electron chi connectivity index (χ2n) is 13.5. The van der Waals surface area contributed by atoms with Gasteiger partial charge < -0.3 is 4.74 Å². The van der Waals surface area contributed by atoms with Gasteiger partial charge in [-0.25, -0.2) is 9.97 Å². The summed E-state index contributed by atoms with van der Waals surface area (Å²) in [5.74, 6) is 2.67. The SMILES string of the molecule is C/C=C\C=C/C(C)c1nc(-c2ccccc2)cc(-c2ccc(C3=C/C=C(\C)C(C)(C)c4ccc5c(sc6ccccc65)c4O\C(C)=C\3)cc2)n1. The van der Waals surface area contributed by atoms with Gasteiger partial charge in [0.25, 0.3) is 0 Å². The lowest BCUT2D eigenvalue weighted by atomic mass is 9.77. The summed E-state index contributed by atoms with van der Waals surface area (Å²) in [6.45, 7) is 13.0. The maximum absolute atomic E-state index is 6.85. The predicted molar refractivity (Wildman–Crippen MR) is 214 cm³/mol. The summed E-state index contributed by atoms with van der Waals surface area (Å²) in [5, 5.41) is 2.51. The number of benzene rings is 4. The van der Waals surface area contributed by atoms with Gasteiger partial charge in [0.05, 0.1) is 16.1 Å². The second kappa shape index (κ2) is 13.9. The Morgan fingerprint density at radius 3 is 2.16 bits per heavy atom. The molecule has 7 rings (SSSR count). The fraction of sp³-hybridized carbons (Fsp3) is 0.174. The molecule has 0 fully saturated rings. The monoisotopic (exact) mass is 670 g/mol. The fourth-order valence-corrected chi connectivity index (χ4v) is 7.65. The van der Waals surface area contributed by atoms with E-state index in [9.17, 15) is 0 Å². The number of allylic oxidation sites excluding steroid dienone is 10. The van der Waals surface area contributed by atoms with E-state index in [1.807, 2.05) is 48.6 Å². The Hall–Kier alpha value is -5.32. The lowest BCUT2D eigenvalue weighted by Crippen LogP contribution is -2.20. The highest BCUT2D eigenvalue weighted by Crippen LogP contribution is 2.47. The molecule has 1 aliphatic heterocycles. The highest BCUT2D eigenvalue weighted by atomic mass is 32.1. The van der Waals surface area contributed by atoms with E-state index in [1.165, 1.54) is 31.3 Å². The molecule has 0 radical (unpaired) electrons. The molecule has 4 heteroatoms. The van der Waals surface area contributed by atoms with E-state index >= 15 is 0 Å². The third kappa shape index (κ3) is 6.51. The number of rotatable bonds is 6. The zero-order valence-electron chi connectivity index (χ0n) is 29.6. The fourth-order valence-electron chi connectivity index (χ4n) is 6.47. The van der Waals surface area contributed by atoms with E-state index in [0.29, 0.717) is 0 Å². The van der Waals surface area contributed by atoms with Crippen molar-refractivity contribution >= 4 is 37.1 Å². The van der Waals surface area contributed by atoms with Gasteiger partial charge in [-0.3, -0.25) is 0 Å². The van der Waals surface area contributed by atoms with E-state index < -0.39 is 0 Å². The molecule has 6 aromatic rings. The van der Waals surface area contributed by atoms with E-state index in [2.05, 4.69) is 144 Å². The summed E-state index contributed by atoms with van der Waals surface area (Å²) in [7, 11) is 0. The van der Waals surface area contributed by atoms with Crippen LogP contribution in [0.5, 0.6) is 5.75 Å². The Balaban J connectivity index is 1.28. The molecule has 1 atom stereocenters. The molecule has 50 heavy (non-hydrogen) atoms. The molecular weight excluding hydrogens is 629 g/mol. The molecule has 1 aliphatic rings.